The number of carbonyl (C=O) groups is 1. The summed E-state index contributed by atoms with van der Waals surface area (Å²) in [5.74, 6) is -0.164. The van der Waals surface area contributed by atoms with Crippen LogP contribution in [0, 0.1) is 5.41 Å². The van der Waals surface area contributed by atoms with Crippen molar-refractivity contribution < 1.29 is 6.22 Å². The lowest BCUT2D eigenvalue weighted by atomic mass is 9.70. The van der Waals surface area contributed by atoms with Crippen LogP contribution in [0.15, 0.2) is 114 Å². The van der Waals surface area contributed by atoms with Gasteiger partial charge in [0.15, 0.2) is 0 Å². The molecule has 0 aliphatic rings. The van der Waals surface area contributed by atoms with Crippen molar-refractivity contribution in [1.82, 2.24) is 5.32 Å². The molecule has 4 heteroatoms. The number of nitrogens with two attached hydrogens (primary N) is 1. The Morgan fingerprint density at radius 2 is 1.56 bits per heavy atom. The van der Waals surface area contributed by atoms with Gasteiger partial charge in [-0.1, -0.05) is 117 Å². The van der Waals surface area contributed by atoms with E-state index < -0.39 is 5.41 Å². The Morgan fingerprint density at radius 1 is 0.944 bits per heavy atom. The number of benzene rings is 4. The van der Waals surface area contributed by atoms with E-state index in [2.05, 4.69) is 61.3 Å². The molecule has 0 saturated heterocycles. The van der Waals surface area contributed by atoms with Crippen LogP contribution in [-0.2, 0) is 4.79 Å². The highest BCUT2D eigenvalue weighted by atomic mass is 32.2. The minimum atomic E-state index is -0.708. The number of nitrogens with one attached hydrogen (secondary N) is 1. The largest absolute Gasteiger partial charge is 0.399 e. The van der Waals surface area contributed by atoms with Crippen molar-refractivity contribution in [1.29, 1.82) is 0 Å². The first kappa shape index (κ1) is 25.3. The van der Waals surface area contributed by atoms with Crippen LogP contribution < -0.4 is 11.1 Å². The molecule has 0 unspecified atom stereocenters. The van der Waals surface area contributed by atoms with Gasteiger partial charge in [-0.25, -0.2) is 0 Å². The monoisotopic (exact) mass is 494 g/mol. The van der Waals surface area contributed by atoms with Gasteiger partial charge in [-0.3, -0.25) is 4.79 Å². The molecule has 1 amide bonds. The van der Waals surface area contributed by atoms with Crippen LogP contribution >= 0.6 is 11.8 Å². The number of fused-ring (bicyclic) bond motifs is 1. The highest BCUT2D eigenvalue weighted by Crippen LogP contribution is 2.41. The summed E-state index contributed by atoms with van der Waals surface area (Å²) in [4.78, 5) is 13.6. The topological polar surface area (TPSA) is 55.1 Å². The van der Waals surface area contributed by atoms with Crippen molar-refractivity contribution >= 4 is 39.7 Å². The molecule has 0 aliphatic carbocycles. The van der Waals surface area contributed by atoms with E-state index >= 15 is 0 Å². The standard InChI is InChI=1S/C32H32N2OS.H2/c1-22(28-17-11-16-26-20-27(33)18-19-29(26)28)21-36-23(2)34-31(35)32(3,4)30(24-12-7-5-8-13-24)25-14-9-6-10-15-25;/h5-21,30H,2,33H2,1,3-4H3,(H,34,35);1H/b22-21+;. The van der Waals surface area contributed by atoms with Crippen molar-refractivity contribution in [2.75, 3.05) is 5.73 Å². The maximum absolute atomic E-state index is 13.6. The summed E-state index contributed by atoms with van der Waals surface area (Å²) in [5.41, 5.74) is 10.4. The first-order valence-electron chi connectivity index (χ1n) is 12.0. The van der Waals surface area contributed by atoms with E-state index in [4.69, 9.17) is 5.73 Å². The summed E-state index contributed by atoms with van der Waals surface area (Å²) in [7, 11) is 0. The Hall–Kier alpha value is -3.76. The quantitative estimate of drug-likeness (QED) is 0.243. The highest BCUT2D eigenvalue weighted by Gasteiger charge is 2.38. The van der Waals surface area contributed by atoms with Crippen molar-refractivity contribution in [3.05, 3.63) is 131 Å². The fraction of sp³-hybridized carbons (Fsp3) is 0.156. The number of carbonyl (C=O) groups excluding carboxylic acids is 1. The second-order valence-electron chi connectivity index (χ2n) is 9.56. The number of nitrogen functional groups attached to an aromatic ring is 1. The maximum atomic E-state index is 13.6. The molecule has 3 nitrogen and oxygen atoms in total. The SMILES string of the molecule is C=C(NC(=O)C(C)(C)C(c1ccccc1)c1ccccc1)S/C=C(\C)c1cccc2cc(N)ccc12.[HH]. The number of rotatable bonds is 8. The fourth-order valence-corrected chi connectivity index (χ4v) is 5.23. The predicted molar refractivity (Wildman–Crippen MR) is 158 cm³/mol. The van der Waals surface area contributed by atoms with Crippen LogP contribution in [0.1, 0.15) is 44.8 Å². The second kappa shape index (κ2) is 10.9. The van der Waals surface area contributed by atoms with Gasteiger partial charge in [-0.2, -0.15) is 0 Å². The third-order valence-electron chi connectivity index (χ3n) is 6.53. The molecule has 0 bridgehead atoms. The summed E-state index contributed by atoms with van der Waals surface area (Å²) in [6.45, 7) is 10.2. The first-order valence-corrected chi connectivity index (χ1v) is 12.9. The number of anilines is 1. The molecule has 0 saturated carbocycles. The minimum absolute atomic E-state index is 0. The summed E-state index contributed by atoms with van der Waals surface area (Å²) in [5, 5.41) is 7.94. The molecule has 0 aromatic heterocycles. The molecular formula is C32H34N2OS. The van der Waals surface area contributed by atoms with E-state index in [0.29, 0.717) is 5.03 Å². The number of thioether (sulfide) groups is 1. The first-order chi connectivity index (χ1) is 17.3. The summed E-state index contributed by atoms with van der Waals surface area (Å²) in [6, 6.07) is 32.5. The molecule has 0 radical (unpaired) electrons. The third-order valence-corrected chi connectivity index (χ3v) is 7.39. The molecule has 184 valence electrons. The average Bonchev–Trinajstić information content (AvgIpc) is 2.88. The fourth-order valence-electron chi connectivity index (χ4n) is 4.63. The molecule has 0 aliphatic heterocycles. The normalized spacial score (nSPS) is 12.1. The zero-order valence-corrected chi connectivity index (χ0v) is 21.8. The molecule has 4 aromatic rings. The lowest BCUT2D eigenvalue weighted by Gasteiger charge is -2.34. The molecular weight excluding hydrogens is 460 g/mol. The lowest BCUT2D eigenvalue weighted by Crippen LogP contribution is -2.40. The Labute approximate surface area is 219 Å². The van der Waals surface area contributed by atoms with Crippen molar-refractivity contribution in [2.24, 2.45) is 5.41 Å². The number of hydrogen-bond donors (Lipinski definition) is 2. The van der Waals surface area contributed by atoms with Crippen LogP contribution in [0.25, 0.3) is 16.3 Å². The van der Waals surface area contributed by atoms with Gasteiger partial charge in [0.1, 0.15) is 0 Å². The van der Waals surface area contributed by atoms with E-state index in [-0.39, 0.29) is 13.3 Å². The van der Waals surface area contributed by atoms with E-state index in [9.17, 15) is 4.79 Å². The Balaban J connectivity index is 0.00000380. The van der Waals surface area contributed by atoms with Gasteiger partial charge in [0.2, 0.25) is 5.91 Å². The van der Waals surface area contributed by atoms with Gasteiger partial charge in [0, 0.05) is 13.0 Å². The van der Waals surface area contributed by atoms with Crippen LogP contribution in [0.2, 0.25) is 0 Å². The van der Waals surface area contributed by atoms with E-state index in [1.54, 1.807) is 0 Å². The van der Waals surface area contributed by atoms with Gasteiger partial charge in [-0.05, 0) is 57.5 Å². The number of hydrogen-bond acceptors (Lipinski definition) is 3. The van der Waals surface area contributed by atoms with Crippen LogP contribution in [0.4, 0.5) is 5.69 Å². The molecule has 0 atom stereocenters. The van der Waals surface area contributed by atoms with Gasteiger partial charge in [0.25, 0.3) is 0 Å². The van der Waals surface area contributed by atoms with Crippen LogP contribution in [-0.4, -0.2) is 5.91 Å². The summed E-state index contributed by atoms with van der Waals surface area (Å²) >= 11 is 1.43. The minimum Gasteiger partial charge on any atom is -0.399 e. The molecule has 0 fully saturated rings. The van der Waals surface area contributed by atoms with Gasteiger partial charge in [0.05, 0.1) is 10.4 Å². The van der Waals surface area contributed by atoms with E-state index in [1.165, 1.54) is 11.8 Å². The zero-order valence-electron chi connectivity index (χ0n) is 21.0. The molecule has 0 spiro atoms. The molecule has 4 rings (SSSR count). The maximum Gasteiger partial charge on any atom is 0.231 e. The third kappa shape index (κ3) is 5.55. The van der Waals surface area contributed by atoms with E-state index in [0.717, 1.165) is 38.7 Å². The van der Waals surface area contributed by atoms with E-state index in [1.807, 2.05) is 73.9 Å². The van der Waals surface area contributed by atoms with Crippen molar-refractivity contribution in [2.45, 2.75) is 26.7 Å². The molecule has 0 heterocycles. The number of allylic oxidation sites excluding steroid dienone is 1. The lowest BCUT2D eigenvalue weighted by molar-refractivity contribution is -0.129. The summed E-state index contributed by atoms with van der Waals surface area (Å²) < 4.78 is 0. The Bertz CT molecular complexity index is 1380. The zero-order chi connectivity index (χ0) is 25.7. The van der Waals surface area contributed by atoms with Crippen LogP contribution in [0.3, 0.4) is 0 Å². The van der Waals surface area contributed by atoms with Gasteiger partial charge >= 0.3 is 0 Å². The van der Waals surface area contributed by atoms with Gasteiger partial charge < -0.3 is 11.1 Å². The molecule has 3 N–H and O–H groups in total. The highest BCUT2D eigenvalue weighted by molar-refractivity contribution is 8.05. The van der Waals surface area contributed by atoms with Crippen molar-refractivity contribution in [3.63, 3.8) is 0 Å². The molecule has 36 heavy (non-hydrogen) atoms. The summed E-state index contributed by atoms with van der Waals surface area (Å²) in [6.07, 6.45) is 0. The Morgan fingerprint density at radius 3 is 2.17 bits per heavy atom. The predicted octanol–water partition coefficient (Wildman–Crippen LogP) is 8.21. The smallest absolute Gasteiger partial charge is 0.231 e. The average molecular weight is 495 g/mol. The van der Waals surface area contributed by atoms with Crippen LogP contribution in [0.5, 0.6) is 0 Å². The van der Waals surface area contributed by atoms with Crippen molar-refractivity contribution in [3.8, 4) is 0 Å². The van der Waals surface area contributed by atoms with Gasteiger partial charge in [-0.15, -0.1) is 0 Å². The second-order valence-corrected chi connectivity index (χ2v) is 10.5. The number of amides is 1. The molecule has 4 aromatic carbocycles. The Kier molecular flexibility index (Phi) is 7.66.